The Morgan fingerprint density at radius 3 is 2.19 bits per heavy atom. The monoisotopic (exact) mass is 312 g/mol. The molecule has 0 aromatic rings. The third-order valence-electron chi connectivity index (χ3n) is 2.23. The lowest BCUT2D eigenvalue weighted by atomic mass is 10.2. The molecule has 0 fully saturated rings. The van der Waals surface area contributed by atoms with Crippen LogP contribution < -0.4 is 5.32 Å². The van der Waals surface area contributed by atoms with Crippen LogP contribution in [0, 0.1) is 0 Å². The molecule has 0 heterocycles. The van der Waals surface area contributed by atoms with Gasteiger partial charge in [0.15, 0.2) is 0 Å². The van der Waals surface area contributed by atoms with Gasteiger partial charge in [0.2, 0.25) is 0 Å². The second-order valence-corrected chi connectivity index (χ2v) is 5.40. The van der Waals surface area contributed by atoms with E-state index in [4.69, 9.17) is 4.74 Å². The number of nitrogens with one attached hydrogen (secondary N) is 1. The van der Waals surface area contributed by atoms with Gasteiger partial charge in [0.25, 0.3) is 0 Å². The van der Waals surface area contributed by atoms with E-state index in [-0.39, 0.29) is 13.0 Å². The minimum absolute atomic E-state index is 0.152. The SMILES string of the molecule is CN(CC[C@@H](C=O)NC(=O)OC(C)(C)C)C(=O)C(F)(F)F. The van der Waals surface area contributed by atoms with E-state index in [0.717, 1.165) is 7.05 Å². The minimum atomic E-state index is -4.97. The van der Waals surface area contributed by atoms with E-state index in [9.17, 15) is 27.6 Å². The van der Waals surface area contributed by atoms with E-state index < -0.39 is 29.8 Å². The summed E-state index contributed by atoms with van der Waals surface area (Å²) in [5.41, 5.74) is -0.763. The summed E-state index contributed by atoms with van der Waals surface area (Å²) in [4.78, 5) is 33.5. The largest absolute Gasteiger partial charge is 0.471 e. The number of aldehydes is 1. The van der Waals surface area contributed by atoms with Gasteiger partial charge in [-0.2, -0.15) is 13.2 Å². The van der Waals surface area contributed by atoms with Gasteiger partial charge in [0.05, 0.1) is 6.04 Å². The van der Waals surface area contributed by atoms with Crippen LogP contribution in [0.4, 0.5) is 18.0 Å². The van der Waals surface area contributed by atoms with Gasteiger partial charge in [-0.25, -0.2) is 4.79 Å². The standard InChI is InChI=1S/C12H19F3N2O4/c1-11(2,3)21-10(20)16-8(7-18)5-6-17(4)9(19)12(13,14)15/h7-8H,5-6H2,1-4H3,(H,16,20)/t8-/m0/s1. The summed E-state index contributed by atoms with van der Waals surface area (Å²) in [6.07, 6.45) is -5.61. The molecule has 0 saturated carbocycles. The summed E-state index contributed by atoms with van der Waals surface area (Å²) in [5, 5.41) is 2.21. The summed E-state index contributed by atoms with van der Waals surface area (Å²) in [7, 11) is 0.963. The average Bonchev–Trinajstić information content (AvgIpc) is 2.29. The molecule has 1 N–H and O–H groups in total. The fourth-order valence-electron chi connectivity index (χ4n) is 1.28. The van der Waals surface area contributed by atoms with Gasteiger partial charge in [0.1, 0.15) is 11.9 Å². The van der Waals surface area contributed by atoms with E-state index >= 15 is 0 Å². The van der Waals surface area contributed by atoms with Gasteiger partial charge >= 0.3 is 18.2 Å². The molecule has 122 valence electrons. The molecule has 0 rings (SSSR count). The molecule has 0 aliphatic carbocycles. The van der Waals surface area contributed by atoms with Gasteiger partial charge in [-0.15, -0.1) is 0 Å². The molecule has 0 bridgehead atoms. The Morgan fingerprint density at radius 1 is 1.29 bits per heavy atom. The van der Waals surface area contributed by atoms with Crippen LogP contribution >= 0.6 is 0 Å². The number of carbonyl (C=O) groups is 3. The Bertz CT molecular complexity index is 391. The molecule has 0 radical (unpaired) electrons. The quantitative estimate of drug-likeness (QED) is 0.780. The van der Waals surface area contributed by atoms with E-state index in [1.54, 1.807) is 20.8 Å². The molecule has 0 aliphatic rings. The van der Waals surface area contributed by atoms with E-state index in [1.165, 1.54) is 0 Å². The number of hydrogen-bond donors (Lipinski definition) is 1. The molecule has 6 nitrogen and oxygen atoms in total. The first-order valence-electron chi connectivity index (χ1n) is 6.14. The molecule has 0 aliphatic heterocycles. The molecule has 9 heteroatoms. The molecule has 0 saturated heterocycles. The van der Waals surface area contributed by atoms with Crippen LogP contribution in [0.3, 0.4) is 0 Å². The number of amides is 2. The Balaban J connectivity index is 4.37. The predicted molar refractivity (Wildman–Crippen MR) is 67.5 cm³/mol. The van der Waals surface area contributed by atoms with Crippen molar-refractivity contribution in [1.82, 2.24) is 10.2 Å². The Labute approximate surface area is 120 Å². The van der Waals surface area contributed by atoms with Crippen molar-refractivity contribution in [3.63, 3.8) is 0 Å². The second-order valence-electron chi connectivity index (χ2n) is 5.40. The van der Waals surface area contributed by atoms with E-state index in [0.29, 0.717) is 11.2 Å². The van der Waals surface area contributed by atoms with Crippen LogP contribution in [0.2, 0.25) is 0 Å². The van der Waals surface area contributed by atoms with Gasteiger partial charge in [-0.05, 0) is 27.2 Å². The van der Waals surface area contributed by atoms with Crippen LogP contribution in [0.25, 0.3) is 0 Å². The summed E-state index contributed by atoms with van der Waals surface area (Å²) in [6.45, 7) is 4.53. The van der Waals surface area contributed by atoms with Gasteiger partial charge < -0.3 is 19.7 Å². The maximum Gasteiger partial charge on any atom is 0.471 e. The summed E-state index contributed by atoms with van der Waals surface area (Å²) >= 11 is 0. The van der Waals surface area contributed by atoms with Crippen LogP contribution in [0.5, 0.6) is 0 Å². The molecule has 0 aromatic heterocycles. The number of alkyl carbamates (subject to hydrolysis) is 1. The first-order valence-corrected chi connectivity index (χ1v) is 6.14. The number of rotatable bonds is 5. The van der Waals surface area contributed by atoms with Gasteiger partial charge in [0, 0.05) is 13.6 Å². The van der Waals surface area contributed by atoms with Crippen molar-refractivity contribution in [2.24, 2.45) is 0 Å². The zero-order chi connectivity index (χ0) is 16.8. The predicted octanol–water partition coefficient (Wildman–Crippen LogP) is 1.49. The highest BCUT2D eigenvalue weighted by molar-refractivity contribution is 5.81. The number of carbonyl (C=O) groups excluding carboxylic acids is 3. The lowest BCUT2D eigenvalue weighted by Gasteiger charge is -2.23. The maximum absolute atomic E-state index is 12.2. The van der Waals surface area contributed by atoms with Gasteiger partial charge in [-0.1, -0.05) is 0 Å². The summed E-state index contributed by atoms with van der Waals surface area (Å²) in [5.74, 6) is -2.01. The van der Waals surface area contributed by atoms with Crippen LogP contribution in [0.15, 0.2) is 0 Å². The molecular weight excluding hydrogens is 293 g/mol. The van der Waals surface area contributed by atoms with E-state index in [1.807, 2.05) is 0 Å². The van der Waals surface area contributed by atoms with Crippen LogP contribution in [-0.4, -0.2) is 54.6 Å². The van der Waals surface area contributed by atoms with Crippen molar-refractivity contribution >= 4 is 18.3 Å². The summed E-state index contributed by atoms with van der Waals surface area (Å²) < 4.78 is 41.4. The van der Waals surface area contributed by atoms with Crippen molar-refractivity contribution in [2.45, 2.75) is 45.0 Å². The van der Waals surface area contributed by atoms with Crippen molar-refractivity contribution in [3.8, 4) is 0 Å². The third-order valence-corrected chi connectivity index (χ3v) is 2.23. The molecule has 0 unspecified atom stereocenters. The average molecular weight is 312 g/mol. The zero-order valence-corrected chi connectivity index (χ0v) is 12.3. The van der Waals surface area contributed by atoms with Crippen molar-refractivity contribution in [1.29, 1.82) is 0 Å². The van der Waals surface area contributed by atoms with Gasteiger partial charge in [-0.3, -0.25) is 4.79 Å². The topological polar surface area (TPSA) is 75.7 Å². The number of hydrogen-bond acceptors (Lipinski definition) is 4. The molecular formula is C12H19F3N2O4. The number of ether oxygens (including phenoxy) is 1. The molecule has 1 atom stereocenters. The fourth-order valence-corrected chi connectivity index (χ4v) is 1.28. The van der Waals surface area contributed by atoms with Crippen molar-refractivity contribution in [3.05, 3.63) is 0 Å². The highest BCUT2D eigenvalue weighted by atomic mass is 19.4. The normalized spacial score (nSPS) is 13.3. The van der Waals surface area contributed by atoms with Crippen molar-refractivity contribution in [2.75, 3.05) is 13.6 Å². The minimum Gasteiger partial charge on any atom is -0.444 e. The number of alkyl halides is 3. The first kappa shape index (κ1) is 19.2. The Hall–Kier alpha value is -1.80. The molecule has 0 aromatic carbocycles. The van der Waals surface area contributed by atoms with E-state index in [2.05, 4.69) is 5.32 Å². The van der Waals surface area contributed by atoms with Crippen molar-refractivity contribution < 1.29 is 32.3 Å². The highest BCUT2D eigenvalue weighted by Gasteiger charge is 2.41. The summed E-state index contributed by atoms with van der Waals surface area (Å²) in [6, 6.07) is -1.04. The number of nitrogens with zero attached hydrogens (tertiary/aromatic N) is 1. The second kappa shape index (κ2) is 7.28. The fraction of sp³-hybridized carbons (Fsp3) is 0.750. The van der Waals surface area contributed by atoms with Crippen LogP contribution in [-0.2, 0) is 14.3 Å². The first-order chi connectivity index (χ1) is 9.36. The highest BCUT2D eigenvalue weighted by Crippen LogP contribution is 2.17. The lowest BCUT2D eigenvalue weighted by molar-refractivity contribution is -0.184. The van der Waals surface area contributed by atoms with Crippen LogP contribution in [0.1, 0.15) is 27.2 Å². The Kier molecular flexibility index (Phi) is 6.65. The molecule has 21 heavy (non-hydrogen) atoms. The smallest absolute Gasteiger partial charge is 0.444 e. The maximum atomic E-state index is 12.2. The molecule has 0 spiro atoms. The zero-order valence-electron chi connectivity index (χ0n) is 12.3. The lowest BCUT2D eigenvalue weighted by Crippen LogP contribution is -2.44. The number of halogens is 3. The molecule has 2 amide bonds. The Morgan fingerprint density at radius 2 is 1.81 bits per heavy atom. The third kappa shape index (κ3) is 8.16.